The van der Waals surface area contributed by atoms with Gasteiger partial charge in [0.2, 0.25) is 0 Å². The standard InChI is InChI=1S/C18H22N2O2S/c1-13-16(5-6-17(19-13)14-8-11-23-12-14)18(22)20-9-3-2-4-15(20)7-10-21/h5-6,8,11-12,15,21H,2-4,7,9-10H2,1H3. The number of pyridine rings is 1. The van der Waals surface area contributed by atoms with E-state index in [-0.39, 0.29) is 18.6 Å². The fourth-order valence-corrected chi connectivity index (χ4v) is 3.88. The fourth-order valence-electron chi connectivity index (χ4n) is 3.23. The maximum atomic E-state index is 12.9. The van der Waals surface area contributed by atoms with Gasteiger partial charge in [0.25, 0.3) is 5.91 Å². The van der Waals surface area contributed by atoms with Gasteiger partial charge in [0, 0.05) is 30.1 Å². The number of carbonyl (C=O) groups is 1. The summed E-state index contributed by atoms with van der Waals surface area (Å²) in [6, 6.07) is 6.00. The van der Waals surface area contributed by atoms with E-state index in [2.05, 4.69) is 10.4 Å². The van der Waals surface area contributed by atoms with Crippen LogP contribution in [0, 0.1) is 6.92 Å². The summed E-state index contributed by atoms with van der Waals surface area (Å²) in [7, 11) is 0. The van der Waals surface area contributed by atoms with Crippen molar-refractivity contribution >= 4 is 17.2 Å². The monoisotopic (exact) mass is 330 g/mol. The molecule has 3 rings (SSSR count). The molecule has 4 nitrogen and oxygen atoms in total. The average Bonchev–Trinajstić information content (AvgIpc) is 3.09. The van der Waals surface area contributed by atoms with E-state index in [1.165, 1.54) is 0 Å². The zero-order chi connectivity index (χ0) is 16.2. The van der Waals surface area contributed by atoms with Crippen molar-refractivity contribution < 1.29 is 9.90 Å². The third kappa shape index (κ3) is 3.46. The molecule has 23 heavy (non-hydrogen) atoms. The lowest BCUT2D eigenvalue weighted by Gasteiger charge is -2.35. The molecule has 1 amide bonds. The molecule has 0 aromatic carbocycles. The van der Waals surface area contributed by atoms with Gasteiger partial charge in [-0.3, -0.25) is 9.78 Å². The minimum absolute atomic E-state index is 0.0463. The number of aryl methyl sites for hydroxylation is 1. The summed E-state index contributed by atoms with van der Waals surface area (Å²) < 4.78 is 0. The first-order valence-corrected chi connectivity index (χ1v) is 9.07. The lowest BCUT2D eigenvalue weighted by molar-refractivity contribution is 0.0573. The Bertz CT molecular complexity index is 668. The van der Waals surface area contributed by atoms with Gasteiger partial charge >= 0.3 is 0 Å². The van der Waals surface area contributed by atoms with Gasteiger partial charge in [0.15, 0.2) is 0 Å². The Labute approximate surface area is 140 Å². The van der Waals surface area contributed by atoms with Gasteiger partial charge in [0.05, 0.1) is 17.0 Å². The lowest BCUT2D eigenvalue weighted by Crippen LogP contribution is -2.44. The van der Waals surface area contributed by atoms with Crippen molar-refractivity contribution in [2.75, 3.05) is 13.2 Å². The van der Waals surface area contributed by atoms with Gasteiger partial charge in [-0.2, -0.15) is 11.3 Å². The van der Waals surface area contributed by atoms with Crippen molar-refractivity contribution in [1.82, 2.24) is 9.88 Å². The van der Waals surface area contributed by atoms with Crippen LogP contribution in [-0.4, -0.2) is 40.1 Å². The number of likely N-dealkylation sites (tertiary alicyclic amines) is 1. The van der Waals surface area contributed by atoms with Crippen molar-refractivity contribution in [3.8, 4) is 11.3 Å². The van der Waals surface area contributed by atoms with E-state index in [0.29, 0.717) is 12.0 Å². The molecule has 1 N–H and O–H groups in total. The van der Waals surface area contributed by atoms with Crippen LogP contribution in [0.1, 0.15) is 41.7 Å². The van der Waals surface area contributed by atoms with E-state index in [0.717, 1.165) is 42.8 Å². The molecule has 1 aliphatic rings. The van der Waals surface area contributed by atoms with Gasteiger partial charge in [-0.15, -0.1) is 0 Å². The highest BCUT2D eigenvalue weighted by molar-refractivity contribution is 7.08. The van der Waals surface area contributed by atoms with Crippen LogP contribution < -0.4 is 0 Å². The fraction of sp³-hybridized carbons (Fsp3) is 0.444. The molecule has 1 aliphatic heterocycles. The van der Waals surface area contributed by atoms with E-state index in [1.807, 2.05) is 35.4 Å². The van der Waals surface area contributed by atoms with Gasteiger partial charge in [0.1, 0.15) is 0 Å². The molecule has 3 heterocycles. The summed E-state index contributed by atoms with van der Waals surface area (Å²) in [6.45, 7) is 2.80. The second-order valence-electron chi connectivity index (χ2n) is 6.00. The molecule has 1 atom stereocenters. The molecule has 0 saturated carbocycles. The van der Waals surface area contributed by atoms with Crippen molar-refractivity contribution in [3.63, 3.8) is 0 Å². The SMILES string of the molecule is Cc1nc(-c2ccsc2)ccc1C(=O)N1CCCCC1CCO. The number of amides is 1. The summed E-state index contributed by atoms with van der Waals surface area (Å²) in [6.07, 6.45) is 3.80. The number of aliphatic hydroxyl groups is 1. The first-order chi connectivity index (χ1) is 11.2. The molecule has 1 saturated heterocycles. The van der Waals surface area contributed by atoms with Crippen molar-refractivity contribution in [1.29, 1.82) is 0 Å². The number of hydrogen-bond donors (Lipinski definition) is 1. The third-order valence-corrected chi connectivity index (χ3v) is 5.17. The highest BCUT2D eigenvalue weighted by atomic mass is 32.1. The van der Waals surface area contributed by atoms with Gasteiger partial charge in [-0.05, 0) is 56.2 Å². The predicted octanol–water partition coefficient (Wildman–Crippen LogP) is 3.50. The van der Waals surface area contributed by atoms with Gasteiger partial charge in [-0.1, -0.05) is 0 Å². The van der Waals surface area contributed by atoms with Crippen LogP contribution in [0.4, 0.5) is 0 Å². The molecular formula is C18H22N2O2S. The number of thiophene rings is 1. The van der Waals surface area contributed by atoms with Crippen LogP contribution in [0.15, 0.2) is 29.0 Å². The molecule has 1 fully saturated rings. The second-order valence-corrected chi connectivity index (χ2v) is 6.78. The first-order valence-electron chi connectivity index (χ1n) is 8.12. The van der Waals surface area contributed by atoms with Crippen LogP contribution in [0.25, 0.3) is 11.3 Å². The van der Waals surface area contributed by atoms with E-state index >= 15 is 0 Å². The Morgan fingerprint density at radius 3 is 2.96 bits per heavy atom. The number of aromatic nitrogens is 1. The van der Waals surface area contributed by atoms with Crippen molar-refractivity contribution in [3.05, 3.63) is 40.2 Å². The number of nitrogens with zero attached hydrogens (tertiary/aromatic N) is 2. The molecule has 122 valence electrons. The molecular weight excluding hydrogens is 308 g/mol. The maximum Gasteiger partial charge on any atom is 0.255 e. The zero-order valence-electron chi connectivity index (χ0n) is 13.4. The second kappa shape index (κ2) is 7.23. The van der Waals surface area contributed by atoms with E-state index in [9.17, 15) is 9.90 Å². The smallest absolute Gasteiger partial charge is 0.255 e. The molecule has 5 heteroatoms. The molecule has 2 aromatic heterocycles. The van der Waals surface area contributed by atoms with Crippen LogP contribution in [-0.2, 0) is 0 Å². The summed E-state index contributed by atoms with van der Waals surface area (Å²) >= 11 is 1.64. The molecule has 2 aromatic rings. The lowest BCUT2D eigenvalue weighted by atomic mass is 9.98. The Hall–Kier alpha value is -1.72. The maximum absolute atomic E-state index is 12.9. The van der Waals surface area contributed by atoms with Crippen LogP contribution >= 0.6 is 11.3 Å². The topological polar surface area (TPSA) is 53.4 Å². The Balaban J connectivity index is 1.84. The number of carbonyl (C=O) groups excluding carboxylic acids is 1. The molecule has 0 spiro atoms. The van der Waals surface area contributed by atoms with Crippen LogP contribution in [0.3, 0.4) is 0 Å². The Kier molecular flexibility index (Phi) is 5.08. The van der Waals surface area contributed by atoms with Gasteiger partial charge < -0.3 is 10.0 Å². The minimum atomic E-state index is 0.0463. The Morgan fingerprint density at radius 2 is 2.26 bits per heavy atom. The highest BCUT2D eigenvalue weighted by Crippen LogP contribution is 2.25. The van der Waals surface area contributed by atoms with E-state index in [1.54, 1.807) is 11.3 Å². The quantitative estimate of drug-likeness (QED) is 0.933. The molecule has 0 bridgehead atoms. The van der Waals surface area contributed by atoms with Crippen molar-refractivity contribution in [2.45, 2.75) is 38.6 Å². The number of aliphatic hydroxyl groups excluding tert-OH is 1. The number of rotatable bonds is 4. The first kappa shape index (κ1) is 16.1. The summed E-state index contributed by atoms with van der Waals surface area (Å²) in [5.41, 5.74) is 3.44. The average molecular weight is 330 g/mol. The van der Waals surface area contributed by atoms with Crippen molar-refractivity contribution in [2.24, 2.45) is 0 Å². The molecule has 0 radical (unpaired) electrons. The Morgan fingerprint density at radius 1 is 1.39 bits per heavy atom. The van der Waals surface area contributed by atoms with Crippen LogP contribution in [0.5, 0.6) is 0 Å². The highest BCUT2D eigenvalue weighted by Gasteiger charge is 2.28. The van der Waals surface area contributed by atoms with E-state index < -0.39 is 0 Å². The molecule has 1 unspecified atom stereocenters. The third-order valence-electron chi connectivity index (χ3n) is 4.48. The minimum Gasteiger partial charge on any atom is -0.396 e. The largest absolute Gasteiger partial charge is 0.396 e. The zero-order valence-corrected chi connectivity index (χ0v) is 14.2. The normalized spacial score (nSPS) is 18.2. The van der Waals surface area contributed by atoms with Crippen LogP contribution in [0.2, 0.25) is 0 Å². The van der Waals surface area contributed by atoms with Gasteiger partial charge in [-0.25, -0.2) is 0 Å². The summed E-state index contributed by atoms with van der Waals surface area (Å²) in [5.74, 6) is 0.0463. The summed E-state index contributed by atoms with van der Waals surface area (Å²) in [4.78, 5) is 19.4. The number of hydrogen-bond acceptors (Lipinski definition) is 4. The summed E-state index contributed by atoms with van der Waals surface area (Å²) in [5, 5.41) is 13.3. The number of piperidine rings is 1. The molecule has 0 aliphatic carbocycles. The predicted molar refractivity (Wildman–Crippen MR) is 92.7 cm³/mol. The van der Waals surface area contributed by atoms with E-state index in [4.69, 9.17) is 0 Å².